The number of imidazole rings is 1. The van der Waals surface area contributed by atoms with Gasteiger partial charge in [-0.25, -0.2) is 4.98 Å². The van der Waals surface area contributed by atoms with Crippen molar-refractivity contribution in [1.82, 2.24) is 19.4 Å². The molecule has 1 fully saturated rings. The van der Waals surface area contributed by atoms with Gasteiger partial charge < -0.3 is 9.47 Å². The average Bonchev–Trinajstić information content (AvgIpc) is 2.80. The van der Waals surface area contributed by atoms with Gasteiger partial charge in [0.25, 0.3) is 0 Å². The zero-order chi connectivity index (χ0) is 13.9. The standard InChI is InChI=1S/C16H24N4/c1-3-8-20-15-7-5-4-6-14(15)17-16(20)13-19-11-9-18(2)10-12-19/h4-7H,3,8-13H2,1-2H3. The maximum atomic E-state index is 4.85. The molecule has 4 heteroatoms. The van der Waals surface area contributed by atoms with Gasteiger partial charge in [0, 0.05) is 32.7 Å². The van der Waals surface area contributed by atoms with Crippen molar-refractivity contribution in [2.24, 2.45) is 0 Å². The molecule has 1 aromatic carbocycles. The first-order chi connectivity index (χ1) is 9.78. The molecule has 108 valence electrons. The molecule has 20 heavy (non-hydrogen) atoms. The highest BCUT2D eigenvalue weighted by atomic mass is 15.3. The number of aromatic nitrogens is 2. The summed E-state index contributed by atoms with van der Waals surface area (Å²) in [6.45, 7) is 8.88. The van der Waals surface area contributed by atoms with Crippen molar-refractivity contribution in [1.29, 1.82) is 0 Å². The molecular weight excluding hydrogens is 248 g/mol. The van der Waals surface area contributed by atoms with Crippen LogP contribution in [0.15, 0.2) is 24.3 Å². The molecule has 1 aliphatic rings. The van der Waals surface area contributed by atoms with Gasteiger partial charge in [-0.05, 0) is 25.6 Å². The largest absolute Gasteiger partial charge is 0.327 e. The summed E-state index contributed by atoms with van der Waals surface area (Å²) >= 11 is 0. The number of nitrogens with zero attached hydrogens (tertiary/aromatic N) is 4. The maximum Gasteiger partial charge on any atom is 0.124 e. The number of benzene rings is 1. The fourth-order valence-corrected chi connectivity index (χ4v) is 2.93. The fraction of sp³-hybridized carbons (Fsp3) is 0.562. The van der Waals surface area contributed by atoms with Crippen LogP contribution in [-0.4, -0.2) is 52.6 Å². The summed E-state index contributed by atoms with van der Waals surface area (Å²) < 4.78 is 2.40. The molecule has 1 aromatic heterocycles. The van der Waals surface area contributed by atoms with Gasteiger partial charge in [-0.3, -0.25) is 4.90 Å². The molecule has 0 radical (unpaired) electrons. The van der Waals surface area contributed by atoms with Crippen molar-refractivity contribution in [3.05, 3.63) is 30.1 Å². The average molecular weight is 272 g/mol. The molecule has 0 aliphatic carbocycles. The maximum absolute atomic E-state index is 4.85. The quantitative estimate of drug-likeness (QED) is 0.853. The van der Waals surface area contributed by atoms with E-state index in [4.69, 9.17) is 4.98 Å². The third-order valence-corrected chi connectivity index (χ3v) is 4.14. The van der Waals surface area contributed by atoms with E-state index >= 15 is 0 Å². The van der Waals surface area contributed by atoms with Gasteiger partial charge in [-0.2, -0.15) is 0 Å². The molecule has 0 unspecified atom stereocenters. The Morgan fingerprint density at radius 2 is 1.85 bits per heavy atom. The van der Waals surface area contributed by atoms with E-state index in [1.165, 1.54) is 11.3 Å². The van der Waals surface area contributed by atoms with Crippen molar-refractivity contribution in [2.75, 3.05) is 33.2 Å². The SMILES string of the molecule is CCCn1c(CN2CCN(C)CC2)nc2ccccc21. The highest BCUT2D eigenvalue weighted by molar-refractivity contribution is 5.75. The summed E-state index contributed by atoms with van der Waals surface area (Å²) in [6.07, 6.45) is 1.15. The molecule has 0 bridgehead atoms. The predicted octanol–water partition coefficient (Wildman–Crippen LogP) is 2.19. The minimum Gasteiger partial charge on any atom is -0.327 e. The molecular formula is C16H24N4. The molecule has 0 spiro atoms. The van der Waals surface area contributed by atoms with Gasteiger partial charge in [0.05, 0.1) is 17.6 Å². The third-order valence-electron chi connectivity index (χ3n) is 4.14. The molecule has 4 nitrogen and oxygen atoms in total. The Morgan fingerprint density at radius 1 is 1.10 bits per heavy atom. The minimum atomic E-state index is 0.975. The van der Waals surface area contributed by atoms with Crippen LogP contribution in [0.4, 0.5) is 0 Å². The predicted molar refractivity (Wildman–Crippen MR) is 82.8 cm³/mol. The highest BCUT2D eigenvalue weighted by Gasteiger charge is 2.17. The molecule has 1 aliphatic heterocycles. The lowest BCUT2D eigenvalue weighted by molar-refractivity contribution is 0.144. The van der Waals surface area contributed by atoms with Crippen molar-refractivity contribution in [2.45, 2.75) is 26.4 Å². The van der Waals surface area contributed by atoms with Gasteiger partial charge in [0.2, 0.25) is 0 Å². The van der Waals surface area contributed by atoms with Crippen LogP contribution in [0.5, 0.6) is 0 Å². The van der Waals surface area contributed by atoms with E-state index in [2.05, 4.69) is 52.6 Å². The third kappa shape index (κ3) is 2.72. The Balaban J connectivity index is 1.84. The summed E-state index contributed by atoms with van der Waals surface area (Å²) in [6, 6.07) is 8.49. The lowest BCUT2D eigenvalue weighted by atomic mass is 10.3. The molecule has 3 rings (SSSR count). The van der Waals surface area contributed by atoms with Crippen molar-refractivity contribution in [3.8, 4) is 0 Å². The lowest BCUT2D eigenvalue weighted by Gasteiger charge is -2.32. The summed E-state index contributed by atoms with van der Waals surface area (Å²) in [7, 11) is 2.20. The minimum absolute atomic E-state index is 0.975. The second kappa shape index (κ2) is 5.94. The Bertz CT molecular complexity index is 567. The number of likely N-dealkylation sites (N-methyl/N-ethyl adjacent to an activating group) is 1. The molecule has 0 saturated carbocycles. The number of hydrogen-bond acceptors (Lipinski definition) is 3. The van der Waals surface area contributed by atoms with Crippen LogP contribution in [-0.2, 0) is 13.1 Å². The van der Waals surface area contributed by atoms with Gasteiger partial charge >= 0.3 is 0 Å². The normalized spacial score (nSPS) is 17.9. The van der Waals surface area contributed by atoms with Gasteiger partial charge in [-0.15, -0.1) is 0 Å². The Labute approximate surface area is 121 Å². The van der Waals surface area contributed by atoms with Crippen LogP contribution in [0.1, 0.15) is 19.2 Å². The molecule has 0 atom stereocenters. The van der Waals surface area contributed by atoms with Gasteiger partial charge in [-0.1, -0.05) is 19.1 Å². The number of hydrogen-bond donors (Lipinski definition) is 0. The van der Waals surface area contributed by atoms with Gasteiger partial charge in [0.15, 0.2) is 0 Å². The van der Waals surface area contributed by atoms with E-state index in [-0.39, 0.29) is 0 Å². The van der Waals surface area contributed by atoms with Crippen LogP contribution in [0.3, 0.4) is 0 Å². The second-order valence-corrected chi connectivity index (χ2v) is 5.75. The summed E-state index contributed by atoms with van der Waals surface area (Å²) in [4.78, 5) is 9.77. The zero-order valence-electron chi connectivity index (χ0n) is 12.5. The molecule has 1 saturated heterocycles. The van der Waals surface area contributed by atoms with Crippen molar-refractivity contribution < 1.29 is 0 Å². The van der Waals surface area contributed by atoms with Crippen LogP contribution in [0.2, 0.25) is 0 Å². The first-order valence-corrected chi connectivity index (χ1v) is 7.63. The van der Waals surface area contributed by atoms with Crippen LogP contribution in [0, 0.1) is 0 Å². The topological polar surface area (TPSA) is 24.3 Å². The molecule has 2 heterocycles. The summed E-state index contributed by atoms with van der Waals surface area (Å²) in [5.74, 6) is 1.22. The number of para-hydroxylation sites is 2. The van der Waals surface area contributed by atoms with Crippen molar-refractivity contribution >= 4 is 11.0 Å². The van der Waals surface area contributed by atoms with E-state index in [1.54, 1.807) is 0 Å². The number of fused-ring (bicyclic) bond motifs is 1. The molecule has 0 amide bonds. The Kier molecular flexibility index (Phi) is 4.03. The second-order valence-electron chi connectivity index (χ2n) is 5.75. The van der Waals surface area contributed by atoms with E-state index < -0.39 is 0 Å². The van der Waals surface area contributed by atoms with Crippen LogP contribution in [0.25, 0.3) is 11.0 Å². The van der Waals surface area contributed by atoms with E-state index in [0.717, 1.165) is 51.2 Å². The number of piperazine rings is 1. The first kappa shape index (κ1) is 13.6. The van der Waals surface area contributed by atoms with E-state index in [0.29, 0.717) is 0 Å². The summed E-state index contributed by atoms with van der Waals surface area (Å²) in [5, 5.41) is 0. The Morgan fingerprint density at radius 3 is 2.60 bits per heavy atom. The van der Waals surface area contributed by atoms with Gasteiger partial charge in [0.1, 0.15) is 5.82 Å². The molecule has 0 N–H and O–H groups in total. The van der Waals surface area contributed by atoms with Crippen molar-refractivity contribution in [3.63, 3.8) is 0 Å². The van der Waals surface area contributed by atoms with Crippen LogP contribution < -0.4 is 0 Å². The fourth-order valence-electron chi connectivity index (χ4n) is 2.93. The summed E-state index contributed by atoms with van der Waals surface area (Å²) in [5.41, 5.74) is 2.41. The lowest BCUT2D eigenvalue weighted by Crippen LogP contribution is -2.44. The van der Waals surface area contributed by atoms with Crippen LogP contribution >= 0.6 is 0 Å². The smallest absolute Gasteiger partial charge is 0.124 e. The highest BCUT2D eigenvalue weighted by Crippen LogP contribution is 2.18. The molecule has 2 aromatic rings. The van der Waals surface area contributed by atoms with E-state index in [9.17, 15) is 0 Å². The Hall–Kier alpha value is -1.39. The monoisotopic (exact) mass is 272 g/mol. The van der Waals surface area contributed by atoms with E-state index in [1.807, 2.05) is 0 Å². The first-order valence-electron chi connectivity index (χ1n) is 7.63. The number of rotatable bonds is 4. The zero-order valence-corrected chi connectivity index (χ0v) is 12.5. The number of aryl methyl sites for hydroxylation is 1.